The highest BCUT2D eigenvalue weighted by Crippen LogP contribution is 2.45. The Balaban J connectivity index is 1.56. The molecule has 0 aliphatic carbocycles. The first-order chi connectivity index (χ1) is 14.2. The van der Waals surface area contributed by atoms with E-state index in [4.69, 9.17) is 25.7 Å². The van der Waals surface area contributed by atoms with Crippen molar-refractivity contribution in [2.24, 2.45) is 0 Å². The molecule has 29 heavy (non-hydrogen) atoms. The van der Waals surface area contributed by atoms with E-state index < -0.39 is 0 Å². The van der Waals surface area contributed by atoms with Crippen molar-refractivity contribution in [2.75, 3.05) is 18.6 Å². The number of rotatable bonds is 4. The predicted octanol–water partition coefficient (Wildman–Crippen LogP) is 5.62. The topological polar surface area (TPSA) is 51.4 Å². The first-order valence-corrected chi connectivity index (χ1v) is 9.98. The first kappa shape index (κ1) is 18.0. The summed E-state index contributed by atoms with van der Waals surface area (Å²) in [6, 6.07) is 20.5. The largest absolute Gasteiger partial charge is 0.497 e. The van der Waals surface area contributed by atoms with Crippen LogP contribution in [0, 0.1) is 0 Å². The molecule has 1 fully saturated rings. The van der Waals surface area contributed by atoms with E-state index in [1.807, 2.05) is 48.7 Å². The number of nitrogens with zero attached hydrogens (tertiary/aromatic N) is 3. The standard InChI is InChI=1S/C23H20ClN3O2/c1-28-17-8-5-15(6-9-17)18-11-13-27(22(18)19-4-2-3-12-25-19)23-26-20-14-16(24)7-10-21(20)29-23/h2-10,12,14,18,22H,11,13H2,1H3. The van der Waals surface area contributed by atoms with Crippen LogP contribution >= 0.6 is 11.6 Å². The second-order valence-corrected chi connectivity index (χ2v) is 7.61. The fourth-order valence-corrected chi connectivity index (χ4v) is 4.30. The number of aromatic nitrogens is 2. The number of methoxy groups -OCH3 is 1. The van der Waals surface area contributed by atoms with Crippen molar-refractivity contribution in [2.45, 2.75) is 18.4 Å². The van der Waals surface area contributed by atoms with Crippen molar-refractivity contribution in [1.82, 2.24) is 9.97 Å². The van der Waals surface area contributed by atoms with Gasteiger partial charge in [0.1, 0.15) is 11.3 Å². The summed E-state index contributed by atoms with van der Waals surface area (Å²) in [6.07, 6.45) is 2.82. The molecular formula is C23H20ClN3O2. The van der Waals surface area contributed by atoms with E-state index in [0.29, 0.717) is 11.0 Å². The average Bonchev–Trinajstić information content (AvgIpc) is 3.38. The molecule has 0 spiro atoms. The zero-order valence-corrected chi connectivity index (χ0v) is 16.7. The molecule has 1 aliphatic heterocycles. The van der Waals surface area contributed by atoms with Crippen LogP contribution in [0.4, 0.5) is 6.01 Å². The van der Waals surface area contributed by atoms with Crippen molar-refractivity contribution >= 4 is 28.7 Å². The Kier molecular flexibility index (Phi) is 4.60. The number of ether oxygens (including phenoxy) is 1. The molecule has 146 valence electrons. The molecule has 2 atom stereocenters. The van der Waals surface area contributed by atoms with E-state index in [-0.39, 0.29) is 12.0 Å². The van der Waals surface area contributed by atoms with Crippen LogP contribution in [0.2, 0.25) is 5.02 Å². The average molecular weight is 406 g/mol. The second kappa shape index (κ2) is 7.41. The van der Waals surface area contributed by atoms with Crippen LogP contribution < -0.4 is 9.64 Å². The fraction of sp³-hybridized carbons (Fsp3) is 0.217. The Labute approximate surface area is 173 Å². The van der Waals surface area contributed by atoms with E-state index in [9.17, 15) is 0 Å². The lowest BCUT2D eigenvalue weighted by molar-refractivity contribution is 0.414. The van der Waals surface area contributed by atoms with E-state index >= 15 is 0 Å². The molecule has 0 radical (unpaired) electrons. The van der Waals surface area contributed by atoms with Gasteiger partial charge in [-0.1, -0.05) is 29.8 Å². The van der Waals surface area contributed by atoms with Gasteiger partial charge in [0.2, 0.25) is 0 Å². The van der Waals surface area contributed by atoms with Crippen LogP contribution in [0.1, 0.15) is 29.6 Å². The summed E-state index contributed by atoms with van der Waals surface area (Å²) < 4.78 is 11.4. The highest BCUT2D eigenvalue weighted by Gasteiger charge is 2.39. The summed E-state index contributed by atoms with van der Waals surface area (Å²) in [4.78, 5) is 11.6. The van der Waals surface area contributed by atoms with Gasteiger partial charge in [-0.25, -0.2) is 0 Å². The van der Waals surface area contributed by atoms with Gasteiger partial charge >= 0.3 is 0 Å². The molecule has 0 bridgehead atoms. The minimum atomic E-state index is 0.0353. The number of hydrogen-bond donors (Lipinski definition) is 0. The summed E-state index contributed by atoms with van der Waals surface area (Å²) in [6.45, 7) is 0.832. The quantitative estimate of drug-likeness (QED) is 0.441. The number of fused-ring (bicyclic) bond motifs is 1. The molecule has 1 saturated heterocycles. The molecule has 2 aromatic heterocycles. The molecule has 0 N–H and O–H groups in total. The molecule has 0 saturated carbocycles. The smallest absolute Gasteiger partial charge is 0.298 e. The van der Waals surface area contributed by atoms with Crippen molar-refractivity contribution in [1.29, 1.82) is 0 Å². The summed E-state index contributed by atoms with van der Waals surface area (Å²) in [5.41, 5.74) is 3.76. The summed E-state index contributed by atoms with van der Waals surface area (Å²) >= 11 is 6.12. The van der Waals surface area contributed by atoms with Crippen molar-refractivity contribution in [3.8, 4) is 5.75 Å². The van der Waals surface area contributed by atoms with E-state index in [2.05, 4.69) is 28.1 Å². The minimum absolute atomic E-state index is 0.0353. The van der Waals surface area contributed by atoms with E-state index in [1.165, 1.54) is 5.56 Å². The SMILES string of the molecule is COc1ccc(C2CCN(c3nc4cc(Cl)ccc4o3)C2c2ccccn2)cc1. The summed E-state index contributed by atoms with van der Waals surface area (Å²) in [5, 5.41) is 0.649. The molecule has 2 aromatic carbocycles. The number of pyridine rings is 1. The molecule has 2 unspecified atom stereocenters. The van der Waals surface area contributed by atoms with Gasteiger partial charge < -0.3 is 14.1 Å². The maximum absolute atomic E-state index is 6.12. The van der Waals surface area contributed by atoms with Crippen molar-refractivity contribution < 1.29 is 9.15 Å². The maximum Gasteiger partial charge on any atom is 0.298 e. The van der Waals surface area contributed by atoms with Crippen LogP contribution in [0.25, 0.3) is 11.1 Å². The number of hydrogen-bond acceptors (Lipinski definition) is 5. The molecule has 6 heteroatoms. The van der Waals surface area contributed by atoms with Gasteiger partial charge in [0.15, 0.2) is 5.58 Å². The number of benzene rings is 2. The molecule has 3 heterocycles. The number of halogens is 1. The van der Waals surface area contributed by atoms with Crippen LogP contribution in [-0.4, -0.2) is 23.6 Å². The molecule has 0 amide bonds. The van der Waals surface area contributed by atoms with Gasteiger partial charge in [-0.05, 0) is 54.4 Å². The normalized spacial score (nSPS) is 19.0. The molecule has 5 nitrogen and oxygen atoms in total. The zero-order chi connectivity index (χ0) is 19.8. The Bertz CT molecular complexity index is 1130. The van der Waals surface area contributed by atoms with Gasteiger partial charge in [-0.3, -0.25) is 4.98 Å². The number of oxazole rings is 1. The van der Waals surface area contributed by atoms with Crippen LogP contribution in [0.5, 0.6) is 5.75 Å². The highest BCUT2D eigenvalue weighted by atomic mass is 35.5. The minimum Gasteiger partial charge on any atom is -0.497 e. The Morgan fingerprint density at radius 2 is 1.97 bits per heavy atom. The molecule has 4 aromatic rings. The predicted molar refractivity (Wildman–Crippen MR) is 114 cm³/mol. The van der Waals surface area contributed by atoms with Gasteiger partial charge in [-0.2, -0.15) is 4.98 Å². The number of anilines is 1. The Morgan fingerprint density at radius 1 is 1.10 bits per heavy atom. The zero-order valence-electron chi connectivity index (χ0n) is 16.0. The van der Waals surface area contributed by atoms with Gasteiger partial charge in [-0.15, -0.1) is 0 Å². The van der Waals surface area contributed by atoms with Crippen molar-refractivity contribution in [3.05, 3.63) is 83.1 Å². The van der Waals surface area contributed by atoms with Crippen molar-refractivity contribution in [3.63, 3.8) is 0 Å². The molecular weight excluding hydrogens is 386 g/mol. The maximum atomic E-state index is 6.12. The highest BCUT2D eigenvalue weighted by molar-refractivity contribution is 6.31. The Hall–Kier alpha value is -3.05. The summed E-state index contributed by atoms with van der Waals surface area (Å²) in [5.74, 6) is 1.13. The first-order valence-electron chi connectivity index (χ1n) is 9.60. The molecule has 1 aliphatic rings. The fourth-order valence-electron chi connectivity index (χ4n) is 4.14. The third-order valence-corrected chi connectivity index (χ3v) is 5.75. The van der Waals surface area contributed by atoms with Gasteiger partial charge in [0.05, 0.1) is 18.8 Å². The Morgan fingerprint density at radius 3 is 2.72 bits per heavy atom. The monoisotopic (exact) mass is 405 g/mol. The summed E-state index contributed by atoms with van der Waals surface area (Å²) in [7, 11) is 1.68. The van der Waals surface area contributed by atoms with Gasteiger partial charge in [0, 0.05) is 23.7 Å². The van der Waals surface area contributed by atoms with Crippen LogP contribution in [0.15, 0.2) is 71.3 Å². The lowest BCUT2D eigenvalue weighted by Gasteiger charge is -2.27. The lowest BCUT2D eigenvalue weighted by atomic mass is 9.89. The van der Waals surface area contributed by atoms with Crippen LogP contribution in [0.3, 0.4) is 0 Å². The van der Waals surface area contributed by atoms with Crippen LogP contribution in [-0.2, 0) is 0 Å². The molecule has 5 rings (SSSR count). The third-order valence-electron chi connectivity index (χ3n) is 5.52. The van der Waals surface area contributed by atoms with E-state index in [0.717, 1.165) is 35.5 Å². The lowest BCUT2D eigenvalue weighted by Crippen LogP contribution is -2.25. The van der Waals surface area contributed by atoms with Gasteiger partial charge in [0.25, 0.3) is 6.01 Å². The van der Waals surface area contributed by atoms with E-state index in [1.54, 1.807) is 7.11 Å². The third kappa shape index (κ3) is 3.32. The second-order valence-electron chi connectivity index (χ2n) is 7.17.